The Morgan fingerprint density at radius 1 is 0.700 bits per heavy atom. The van der Waals surface area contributed by atoms with Crippen molar-refractivity contribution in [3.63, 3.8) is 0 Å². The average Bonchev–Trinajstić information content (AvgIpc) is 2.85. The van der Waals surface area contributed by atoms with Crippen LogP contribution in [0.3, 0.4) is 0 Å². The van der Waals surface area contributed by atoms with Gasteiger partial charge in [-0.3, -0.25) is 9.69 Å². The van der Waals surface area contributed by atoms with E-state index in [0.29, 0.717) is 17.7 Å². The van der Waals surface area contributed by atoms with Gasteiger partial charge in [-0.2, -0.15) is 26.3 Å². The number of ketones is 1. The van der Waals surface area contributed by atoms with Gasteiger partial charge in [0.1, 0.15) is 5.82 Å². The molecule has 0 spiro atoms. The van der Waals surface area contributed by atoms with E-state index in [1.54, 1.807) is 0 Å². The van der Waals surface area contributed by atoms with Crippen LogP contribution in [0.5, 0.6) is 0 Å². The predicted molar refractivity (Wildman–Crippen MR) is 130 cm³/mol. The Bertz CT molecular complexity index is 1410. The highest BCUT2D eigenvalue weighted by Gasteiger charge is 2.37. The molecule has 1 heterocycles. The quantitative estimate of drug-likeness (QED) is 0.235. The molecule has 1 fully saturated rings. The van der Waals surface area contributed by atoms with Crippen LogP contribution in [0.25, 0.3) is 12.2 Å². The third-order valence-corrected chi connectivity index (χ3v) is 6.23. The van der Waals surface area contributed by atoms with E-state index in [4.69, 9.17) is 0 Å². The Labute approximate surface area is 223 Å². The number of nitrogens with zero attached hydrogens (tertiary/aromatic N) is 1. The zero-order valence-corrected chi connectivity index (χ0v) is 20.7. The molecule has 3 aromatic carbocycles. The molecule has 0 bridgehead atoms. The van der Waals surface area contributed by atoms with Crippen LogP contribution in [0.4, 0.5) is 39.5 Å². The number of aryl methyl sites for hydroxylation is 1. The van der Waals surface area contributed by atoms with Crippen molar-refractivity contribution in [2.45, 2.75) is 25.8 Å². The largest absolute Gasteiger partial charge is 0.416 e. The van der Waals surface area contributed by atoms with Gasteiger partial charge in [0.15, 0.2) is 17.4 Å². The number of likely N-dealkylation sites (tertiary alicyclic amines) is 1. The van der Waals surface area contributed by atoms with Crippen LogP contribution < -0.4 is 0 Å². The summed E-state index contributed by atoms with van der Waals surface area (Å²) in [5.41, 5.74) is -2.22. The molecular weight excluding hydrogens is 549 g/mol. The van der Waals surface area contributed by atoms with E-state index in [0.717, 1.165) is 12.1 Å². The zero-order valence-electron chi connectivity index (χ0n) is 20.7. The molecular formula is C29H20F9NO. The summed E-state index contributed by atoms with van der Waals surface area (Å²) in [4.78, 5) is 14.8. The normalized spacial score (nSPS) is 17.2. The summed E-state index contributed by atoms with van der Waals surface area (Å²) >= 11 is 0. The first-order valence-electron chi connectivity index (χ1n) is 11.8. The van der Waals surface area contributed by atoms with E-state index in [9.17, 15) is 44.3 Å². The molecule has 0 N–H and O–H groups in total. The topological polar surface area (TPSA) is 20.3 Å². The van der Waals surface area contributed by atoms with Gasteiger partial charge in [0, 0.05) is 30.8 Å². The van der Waals surface area contributed by atoms with Crippen LogP contribution >= 0.6 is 0 Å². The summed E-state index contributed by atoms with van der Waals surface area (Å²) in [7, 11) is 0. The molecule has 1 saturated heterocycles. The molecule has 3 aromatic rings. The van der Waals surface area contributed by atoms with Crippen LogP contribution in [0.2, 0.25) is 0 Å². The van der Waals surface area contributed by atoms with Crippen molar-refractivity contribution in [2.24, 2.45) is 0 Å². The second-order valence-corrected chi connectivity index (χ2v) is 9.41. The minimum atomic E-state index is -5.03. The smallest absolute Gasteiger partial charge is 0.290 e. The number of alkyl halides is 6. The highest BCUT2D eigenvalue weighted by atomic mass is 19.4. The molecule has 1 aliphatic rings. The first-order chi connectivity index (χ1) is 18.6. The highest BCUT2D eigenvalue weighted by molar-refractivity contribution is 6.14. The second kappa shape index (κ2) is 11.0. The van der Waals surface area contributed by atoms with E-state index in [1.165, 1.54) is 48.2 Å². The Morgan fingerprint density at radius 2 is 1.20 bits per heavy atom. The Hall–Kier alpha value is -3.86. The standard InChI is InChI=1S/C29H20F9NO/c1-16-6-17(2-4-24(16)30)7-20-14-39(15-21(27(20)40)8-18-3-5-25(31)26(32)11-18)13-19-9-22(28(33,34)35)12-23(10-19)29(36,37)38/h2-12H,13-15H2,1H3/b20-7+,21-8+. The predicted octanol–water partition coefficient (Wildman–Crippen LogP) is 8.00. The third-order valence-electron chi connectivity index (χ3n) is 6.23. The average molecular weight is 569 g/mol. The Kier molecular flexibility index (Phi) is 7.98. The van der Waals surface area contributed by atoms with Gasteiger partial charge in [0.05, 0.1) is 11.1 Å². The Morgan fingerprint density at radius 3 is 1.68 bits per heavy atom. The number of carbonyl (C=O) groups excluding carboxylic acids is 1. The molecule has 40 heavy (non-hydrogen) atoms. The SMILES string of the molecule is Cc1cc(/C=C2\CN(Cc3cc(C(F)(F)F)cc(C(F)(F)F)c3)C/C(=C\c3ccc(F)c(F)c3)C2=O)ccc1F. The monoisotopic (exact) mass is 569 g/mol. The lowest BCUT2D eigenvalue weighted by atomic mass is 9.93. The maximum Gasteiger partial charge on any atom is 0.416 e. The fourth-order valence-electron chi connectivity index (χ4n) is 4.35. The maximum absolute atomic E-state index is 13.8. The Balaban J connectivity index is 1.76. The van der Waals surface area contributed by atoms with Crippen molar-refractivity contribution in [1.29, 1.82) is 0 Å². The molecule has 0 saturated carbocycles. The molecule has 210 valence electrons. The van der Waals surface area contributed by atoms with Gasteiger partial charge in [-0.25, -0.2) is 13.2 Å². The highest BCUT2D eigenvalue weighted by Crippen LogP contribution is 2.37. The first-order valence-corrected chi connectivity index (χ1v) is 11.8. The van der Waals surface area contributed by atoms with Gasteiger partial charge in [-0.05, 0) is 83.8 Å². The summed E-state index contributed by atoms with van der Waals surface area (Å²) in [6.07, 6.45) is -7.35. The van der Waals surface area contributed by atoms with Gasteiger partial charge < -0.3 is 0 Å². The fraction of sp³-hybridized carbons (Fsp3) is 0.207. The van der Waals surface area contributed by atoms with E-state index < -0.39 is 53.3 Å². The lowest BCUT2D eigenvalue weighted by Crippen LogP contribution is -2.37. The van der Waals surface area contributed by atoms with E-state index >= 15 is 0 Å². The van der Waals surface area contributed by atoms with Gasteiger partial charge in [0.2, 0.25) is 0 Å². The molecule has 0 amide bonds. The van der Waals surface area contributed by atoms with Gasteiger partial charge >= 0.3 is 12.4 Å². The molecule has 11 heteroatoms. The number of Topliss-reactive ketones (excluding diaryl/α,β-unsaturated/α-hetero) is 1. The number of hydrogen-bond acceptors (Lipinski definition) is 2. The second-order valence-electron chi connectivity index (χ2n) is 9.41. The lowest BCUT2D eigenvalue weighted by molar-refractivity contribution is -0.143. The molecule has 0 aromatic heterocycles. The van der Waals surface area contributed by atoms with Gasteiger partial charge in [0.25, 0.3) is 0 Å². The molecule has 0 aliphatic carbocycles. The van der Waals surface area contributed by atoms with Crippen LogP contribution in [-0.2, 0) is 23.7 Å². The van der Waals surface area contributed by atoms with Crippen LogP contribution in [0, 0.1) is 24.4 Å². The van der Waals surface area contributed by atoms with Crippen LogP contribution in [0.15, 0.2) is 65.7 Å². The summed E-state index contributed by atoms with van der Waals surface area (Å²) in [6, 6.07) is 8.22. The molecule has 4 rings (SSSR count). The van der Waals surface area contributed by atoms with Crippen molar-refractivity contribution >= 4 is 17.9 Å². The minimum Gasteiger partial charge on any atom is -0.290 e. The summed E-state index contributed by atoms with van der Waals surface area (Å²) in [5, 5.41) is 0. The number of benzene rings is 3. The number of rotatable bonds is 4. The minimum absolute atomic E-state index is 0.0276. The van der Waals surface area contributed by atoms with Crippen LogP contribution in [0.1, 0.15) is 33.4 Å². The number of halogens is 9. The summed E-state index contributed by atoms with van der Waals surface area (Å²) in [5.74, 6) is -3.28. The molecule has 2 nitrogen and oxygen atoms in total. The van der Waals surface area contributed by atoms with Crippen molar-refractivity contribution in [2.75, 3.05) is 13.1 Å². The number of hydrogen-bond donors (Lipinski definition) is 0. The molecule has 1 aliphatic heterocycles. The van der Waals surface area contributed by atoms with E-state index in [1.807, 2.05) is 0 Å². The molecule has 0 radical (unpaired) electrons. The molecule has 0 atom stereocenters. The maximum atomic E-state index is 13.8. The van der Waals surface area contributed by atoms with E-state index in [-0.39, 0.29) is 47.0 Å². The summed E-state index contributed by atoms with van der Waals surface area (Å²) in [6.45, 7) is 0.763. The van der Waals surface area contributed by atoms with Gasteiger partial charge in [-0.1, -0.05) is 12.1 Å². The van der Waals surface area contributed by atoms with Gasteiger partial charge in [-0.15, -0.1) is 0 Å². The number of piperidine rings is 1. The lowest BCUT2D eigenvalue weighted by Gasteiger charge is -2.30. The zero-order chi connectivity index (χ0) is 29.4. The number of carbonyl (C=O) groups is 1. The van der Waals surface area contributed by atoms with Crippen molar-refractivity contribution in [3.05, 3.63) is 117 Å². The first kappa shape index (κ1) is 29.1. The fourth-order valence-corrected chi connectivity index (χ4v) is 4.35. The van der Waals surface area contributed by atoms with E-state index in [2.05, 4.69) is 0 Å². The third kappa shape index (κ3) is 6.82. The van der Waals surface area contributed by atoms with Crippen LogP contribution in [-0.4, -0.2) is 23.8 Å². The van der Waals surface area contributed by atoms with Crippen molar-refractivity contribution in [1.82, 2.24) is 4.90 Å². The summed E-state index contributed by atoms with van der Waals surface area (Å²) < 4.78 is 121. The van der Waals surface area contributed by atoms with Crippen molar-refractivity contribution < 1.29 is 44.3 Å². The molecule has 0 unspecified atom stereocenters. The van der Waals surface area contributed by atoms with Crippen molar-refractivity contribution in [3.8, 4) is 0 Å².